The minimum absolute atomic E-state index is 0.0531. The molecule has 188 valence electrons. The number of benzene rings is 1. The quantitative estimate of drug-likeness (QED) is 0.500. The monoisotopic (exact) mass is 468 g/mol. The van der Waals surface area contributed by atoms with Crippen LogP contribution in [0.5, 0.6) is 5.75 Å². The lowest BCUT2D eigenvalue weighted by Gasteiger charge is -2.61. The Kier molecular flexibility index (Phi) is 6.74. The van der Waals surface area contributed by atoms with E-state index in [9.17, 15) is 9.90 Å². The summed E-state index contributed by atoms with van der Waals surface area (Å²) >= 11 is 0. The maximum Gasteiger partial charge on any atom is 0.309 e. The van der Waals surface area contributed by atoms with E-state index in [1.807, 2.05) is 30.3 Å². The first-order valence-corrected chi connectivity index (χ1v) is 13.8. The maximum absolute atomic E-state index is 13.0. The van der Waals surface area contributed by atoms with Crippen molar-refractivity contribution in [1.82, 2.24) is 0 Å². The number of carbonyl (C=O) groups excluding carboxylic acids is 1. The first-order valence-electron chi connectivity index (χ1n) is 13.8. The van der Waals surface area contributed by atoms with Crippen LogP contribution in [0.15, 0.2) is 30.3 Å². The average Bonchev–Trinajstić information content (AvgIpc) is 3.19. The Morgan fingerprint density at radius 3 is 2.50 bits per heavy atom. The molecule has 4 nitrogen and oxygen atoms in total. The van der Waals surface area contributed by atoms with Gasteiger partial charge in [-0.05, 0) is 117 Å². The van der Waals surface area contributed by atoms with Crippen LogP contribution in [-0.2, 0) is 9.53 Å². The molecule has 4 aliphatic carbocycles. The van der Waals surface area contributed by atoms with Crippen molar-refractivity contribution in [3.8, 4) is 5.75 Å². The van der Waals surface area contributed by atoms with Gasteiger partial charge in [-0.15, -0.1) is 0 Å². The molecule has 0 aromatic heterocycles. The van der Waals surface area contributed by atoms with Gasteiger partial charge in [-0.3, -0.25) is 4.79 Å². The minimum Gasteiger partial charge on any atom is -0.494 e. The molecule has 0 unspecified atom stereocenters. The van der Waals surface area contributed by atoms with Crippen molar-refractivity contribution < 1.29 is 19.4 Å². The van der Waals surface area contributed by atoms with Crippen molar-refractivity contribution in [2.75, 3.05) is 13.7 Å². The summed E-state index contributed by atoms with van der Waals surface area (Å²) in [6.45, 7) is 5.60. The fourth-order valence-corrected chi connectivity index (χ4v) is 9.39. The van der Waals surface area contributed by atoms with Gasteiger partial charge in [-0.1, -0.05) is 32.0 Å². The molecule has 1 aromatic rings. The van der Waals surface area contributed by atoms with Crippen LogP contribution in [0.1, 0.15) is 78.1 Å². The molecule has 4 aliphatic rings. The van der Waals surface area contributed by atoms with Gasteiger partial charge in [0.25, 0.3) is 0 Å². The van der Waals surface area contributed by atoms with Crippen LogP contribution < -0.4 is 4.74 Å². The molecule has 0 aliphatic heterocycles. The van der Waals surface area contributed by atoms with Crippen molar-refractivity contribution in [2.24, 2.45) is 46.3 Å². The number of para-hydroxylation sites is 1. The lowest BCUT2D eigenvalue weighted by molar-refractivity contribution is -0.154. The summed E-state index contributed by atoms with van der Waals surface area (Å²) < 4.78 is 11.3. The van der Waals surface area contributed by atoms with Crippen LogP contribution >= 0.6 is 0 Å². The molecule has 0 radical (unpaired) electrons. The molecule has 0 saturated heterocycles. The molecule has 9 atom stereocenters. The highest BCUT2D eigenvalue weighted by Crippen LogP contribution is 2.68. The van der Waals surface area contributed by atoms with Gasteiger partial charge in [0.1, 0.15) is 5.75 Å². The Hall–Kier alpha value is -1.55. The highest BCUT2D eigenvalue weighted by Gasteiger charge is 2.61. The van der Waals surface area contributed by atoms with Crippen molar-refractivity contribution in [2.45, 2.75) is 84.2 Å². The van der Waals surface area contributed by atoms with Crippen molar-refractivity contribution >= 4 is 5.97 Å². The lowest BCUT2D eigenvalue weighted by Crippen LogP contribution is -2.54. The van der Waals surface area contributed by atoms with Gasteiger partial charge in [0.15, 0.2) is 0 Å². The molecule has 34 heavy (non-hydrogen) atoms. The maximum atomic E-state index is 13.0. The van der Waals surface area contributed by atoms with E-state index in [0.29, 0.717) is 29.8 Å². The van der Waals surface area contributed by atoms with E-state index in [1.165, 1.54) is 38.5 Å². The number of esters is 1. The van der Waals surface area contributed by atoms with Crippen LogP contribution in [0.4, 0.5) is 0 Å². The Balaban J connectivity index is 1.31. The first kappa shape index (κ1) is 24.2. The highest BCUT2D eigenvalue weighted by atomic mass is 16.5. The van der Waals surface area contributed by atoms with Gasteiger partial charge in [-0.2, -0.15) is 0 Å². The van der Waals surface area contributed by atoms with Gasteiger partial charge in [0.05, 0.1) is 25.7 Å². The van der Waals surface area contributed by atoms with Crippen LogP contribution in [0.2, 0.25) is 0 Å². The van der Waals surface area contributed by atoms with Gasteiger partial charge in [0.2, 0.25) is 0 Å². The fourth-order valence-electron chi connectivity index (χ4n) is 9.39. The van der Waals surface area contributed by atoms with Crippen LogP contribution in [0.25, 0.3) is 0 Å². The summed E-state index contributed by atoms with van der Waals surface area (Å²) in [6, 6.07) is 9.90. The molecule has 0 heterocycles. The van der Waals surface area contributed by atoms with Crippen LogP contribution in [-0.4, -0.2) is 30.9 Å². The molecule has 0 spiro atoms. The predicted octanol–water partition coefficient (Wildman–Crippen LogP) is 6.26. The number of aliphatic hydroxyl groups excluding tert-OH is 1. The van der Waals surface area contributed by atoms with Gasteiger partial charge in [0, 0.05) is 0 Å². The Labute approximate surface area is 205 Å². The van der Waals surface area contributed by atoms with Gasteiger partial charge >= 0.3 is 5.97 Å². The van der Waals surface area contributed by atoms with E-state index in [1.54, 1.807) is 7.11 Å². The van der Waals surface area contributed by atoms with E-state index < -0.39 is 0 Å². The summed E-state index contributed by atoms with van der Waals surface area (Å²) in [5, 5.41) is 10.3. The molecular formula is C30H44O4. The molecule has 1 N–H and O–H groups in total. The normalized spacial score (nSPS) is 42.1. The van der Waals surface area contributed by atoms with Crippen molar-refractivity contribution in [3.05, 3.63) is 30.3 Å². The first-order chi connectivity index (χ1) is 16.4. The number of hydrogen-bond acceptors (Lipinski definition) is 4. The van der Waals surface area contributed by atoms with E-state index in [0.717, 1.165) is 43.3 Å². The third-order valence-electron chi connectivity index (χ3n) is 11.1. The number of aliphatic hydroxyl groups is 1. The topological polar surface area (TPSA) is 55.8 Å². The summed E-state index contributed by atoms with van der Waals surface area (Å²) in [5.41, 5.74) is 0.608. The third-order valence-corrected chi connectivity index (χ3v) is 11.1. The number of fused-ring (bicyclic) bond motifs is 5. The predicted molar refractivity (Wildman–Crippen MR) is 133 cm³/mol. The van der Waals surface area contributed by atoms with E-state index in [-0.39, 0.29) is 23.4 Å². The molecule has 0 amide bonds. The van der Waals surface area contributed by atoms with Gasteiger partial charge < -0.3 is 14.6 Å². The summed E-state index contributed by atoms with van der Waals surface area (Å²) in [5.74, 6) is 4.07. The number of rotatable bonds is 6. The number of carbonyl (C=O) groups is 1. The molecule has 5 rings (SSSR count). The summed E-state index contributed by atoms with van der Waals surface area (Å²) in [4.78, 5) is 13.0. The third kappa shape index (κ3) is 4.08. The standard InChI is InChI=1S/C30H44O4/c1-29-16-13-21(31)19-20(29)9-10-23-25-11-12-26(30(25,2)17-14-27(23)29)24(28(32)33-3)15-18-34-22-7-5-4-6-8-22/h4-8,20-21,23-27,31H,9-19H2,1-3H3/t20-,21-,23-,24+,25-,26+,27-,29-,30-/m0/s1. The Bertz CT molecular complexity index is 855. The molecular weight excluding hydrogens is 424 g/mol. The number of methoxy groups -OCH3 is 1. The molecule has 4 saturated carbocycles. The number of ether oxygens (including phenoxy) is 2. The smallest absolute Gasteiger partial charge is 0.309 e. The molecule has 4 fully saturated rings. The van der Waals surface area contributed by atoms with E-state index >= 15 is 0 Å². The minimum atomic E-state index is -0.0861. The van der Waals surface area contributed by atoms with Crippen LogP contribution in [0.3, 0.4) is 0 Å². The summed E-state index contributed by atoms with van der Waals surface area (Å²) in [6.07, 6.45) is 11.3. The van der Waals surface area contributed by atoms with E-state index in [2.05, 4.69) is 13.8 Å². The molecule has 0 bridgehead atoms. The Morgan fingerprint density at radius 1 is 1.00 bits per heavy atom. The summed E-state index contributed by atoms with van der Waals surface area (Å²) in [7, 11) is 1.54. The van der Waals surface area contributed by atoms with Crippen LogP contribution in [0, 0.1) is 46.3 Å². The lowest BCUT2D eigenvalue weighted by atomic mass is 9.44. The largest absolute Gasteiger partial charge is 0.494 e. The van der Waals surface area contributed by atoms with E-state index in [4.69, 9.17) is 9.47 Å². The molecule has 1 aromatic carbocycles. The zero-order valence-electron chi connectivity index (χ0n) is 21.4. The van der Waals surface area contributed by atoms with Gasteiger partial charge in [-0.25, -0.2) is 0 Å². The van der Waals surface area contributed by atoms with Crippen molar-refractivity contribution in [1.29, 1.82) is 0 Å². The number of hydrogen-bond donors (Lipinski definition) is 1. The fraction of sp³-hybridized carbons (Fsp3) is 0.767. The second-order valence-corrected chi connectivity index (χ2v) is 12.4. The average molecular weight is 469 g/mol. The highest BCUT2D eigenvalue weighted by molar-refractivity contribution is 5.72. The second kappa shape index (κ2) is 9.48. The zero-order valence-corrected chi connectivity index (χ0v) is 21.4. The van der Waals surface area contributed by atoms with Crippen molar-refractivity contribution in [3.63, 3.8) is 0 Å². The Morgan fingerprint density at radius 2 is 1.74 bits per heavy atom. The zero-order chi connectivity index (χ0) is 23.9. The SMILES string of the molecule is COC(=O)[C@H](CCOc1ccccc1)[C@H]1CC[C@H]2[C@@H]3CC[C@H]4C[C@@H](O)CC[C@]4(C)[C@H]3CC[C@]12C. The second-order valence-electron chi connectivity index (χ2n) is 12.4. The molecule has 4 heteroatoms.